The predicted octanol–water partition coefficient (Wildman–Crippen LogP) is 4.36. The number of unbranched alkanes of at least 4 members (excludes halogenated alkanes) is 1. The topological polar surface area (TPSA) is 90.5 Å². The molecule has 0 unspecified atom stereocenters. The second-order valence-corrected chi connectivity index (χ2v) is 10.3. The largest absolute Gasteiger partial charge is 0.376 e. The minimum Gasteiger partial charge on any atom is -0.376 e. The number of ether oxygens (including phenoxy) is 1. The number of amides is 1. The lowest BCUT2D eigenvalue weighted by Crippen LogP contribution is -2.28. The van der Waals surface area contributed by atoms with Gasteiger partial charge in [-0.3, -0.25) is 18.6 Å². The normalized spacial score (nSPS) is 16.0. The van der Waals surface area contributed by atoms with Crippen molar-refractivity contribution in [1.29, 1.82) is 0 Å². The van der Waals surface area contributed by atoms with E-state index in [9.17, 15) is 9.59 Å². The number of benzene rings is 1. The molecule has 0 aliphatic carbocycles. The standard InChI is InChI=1S/C24H27N5O3S2/c1-2-3-5-16-7-9-17(10-8-16)25-20(30)15-34-24-27-26-23-28(14-18-6-4-12-32-18)22(31)21-19(29(23)24)11-13-33-21/h7-11,13,18H,2-6,12,14-15H2,1H3,(H,25,30)/t18-/m1/s1. The summed E-state index contributed by atoms with van der Waals surface area (Å²) in [6.07, 6.45) is 5.31. The number of fused-ring (bicyclic) bond motifs is 3. The molecule has 1 atom stereocenters. The molecule has 0 bridgehead atoms. The maximum Gasteiger partial charge on any atom is 0.272 e. The van der Waals surface area contributed by atoms with Gasteiger partial charge in [0.15, 0.2) is 5.16 Å². The smallest absolute Gasteiger partial charge is 0.272 e. The van der Waals surface area contributed by atoms with E-state index in [0.29, 0.717) is 22.2 Å². The van der Waals surface area contributed by atoms with E-state index in [1.807, 2.05) is 28.0 Å². The van der Waals surface area contributed by atoms with Gasteiger partial charge in [0.1, 0.15) is 4.70 Å². The molecule has 0 saturated carbocycles. The van der Waals surface area contributed by atoms with Gasteiger partial charge in [-0.2, -0.15) is 0 Å². The zero-order chi connectivity index (χ0) is 23.5. The van der Waals surface area contributed by atoms with E-state index in [2.05, 4.69) is 34.6 Å². The Bertz CT molecular complexity index is 1350. The maximum atomic E-state index is 13.1. The summed E-state index contributed by atoms with van der Waals surface area (Å²) in [6.45, 7) is 3.35. The molecule has 1 aliphatic heterocycles. The molecule has 1 aliphatic rings. The van der Waals surface area contributed by atoms with Gasteiger partial charge < -0.3 is 10.1 Å². The summed E-state index contributed by atoms with van der Waals surface area (Å²) in [5, 5.41) is 14.1. The number of hydrogen-bond donors (Lipinski definition) is 1. The molecule has 34 heavy (non-hydrogen) atoms. The molecular weight excluding hydrogens is 470 g/mol. The van der Waals surface area contributed by atoms with Crippen LogP contribution in [0.15, 0.2) is 45.7 Å². The van der Waals surface area contributed by atoms with E-state index >= 15 is 0 Å². The van der Waals surface area contributed by atoms with Crippen LogP contribution in [0.25, 0.3) is 16.0 Å². The van der Waals surface area contributed by atoms with Crippen molar-refractivity contribution in [2.75, 3.05) is 17.7 Å². The van der Waals surface area contributed by atoms with E-state index in [4.69, 9.17) is 4.74 Å². The van der Waals surface area contributed by atoms with Crippen LogP contribution < -0.4 is 10.9 Å². The SMILES string of the molecule is CCCCc1ccc(NC(=O)CSc2nnc3n(C[C@H]4CCCO4)c(=O)c4sccc4n23)cc1. The highest BCUT2D eigenvalue weighted by atomic mass is 32.2. The lowest BCUT2D eigenvalue weighted by atomic mass is 10.1. The van der Waals surface area contributed by atoms with E-state index in [1.54, 1.807) is 4.57 Å². The van der Waals surface area contributed by atoms with Gasteiger partial charge in [-0.15, -0.1) is 21.5 Å². The molecule has 8 nitrogen and oxygen atoms in total. The van der Waals surface area contributed by atoms with Crippen molar-refractivity contribution in [2.24, 2.45) is 0 Å². The van der Waals surface area contributed by atoms with Crippen molar-refractivity contribution in [3.63, 3.8) is 0 Å². The summed E-state index contributed by atoms with van der Waals surface area (Å²) in [5.74, 6) is 0.559. The summed E-state index contributed by atoms with van der Waals surface area (Å²) in [6, 6.07) is 9.91. The van der Waals surface area contributed by atoms with Crippen LogP contribution in [0.1, 0.15) is 38.2 Å². The van der Waals surface area contributed by atoms with Crippen LogP contribution in [-0.2, 0) is 22.5 Å². The molecule has 3 aromatic heterocycles. The van der Waals surface area contributed by atoms with Gasteiger partial charge in [-0.25, -0.2) is 0 Å². The monoisotopic (exact) mass is 497 g/mol. The first-order valence-electron chi connectivity index (χ1n) is 11.6. The molecule has 0 radical (unpaired) electrons. The first-order chi connectivity index (χ1) is 16.6. The molecule has 178 valence electrons. The third-order valence-corrected chi connectivity index (χ3v) is 7.80. The Labute approximate surface area is 205 Å². The number of anilines is 1. The van der Waals surface area contributed by atoms with Gasteiger partial charge in [-0.05, 0) is 54.8 Å². The Morgan fingerprint density at radius 3 is 2.88 bits per heavy atom. The highest BCUT2D eigenvalue weighted by Crippen LogP contribution is 2.25. The van der Waals surface area contributed by atoms with Crippen LogP contribution in [0.3, 0.4) is 0 Å². The summed E-state index contributed by atoms with van der Waals surface area (Å²) >= 11 is 2.71. The molecule has 1 N–H and O–H groups in total. The molecule has 4 aromatic rings. The maximum absolute atomic E-state index is 13.1. The van der Waals surface area contributed by atoms with E-state index in [0.717, 1.165) is 49.9 Å². The number of aromatic nitrogens is 4. The average molecular weight is 498 g/mol. The first kappa shape index (κ1) is 23.1. The lowest BCUT2D eigenvalue weighted by molar-refractivity contribution is -0.113. The molecule has 0 spiro atoms. The second-order valence-electron chi connectivity index (χ2n) is 8.44. The summed E-state index contributed by atoms with van der Waals surface area (Å²) < 4.78 is 9.94. The fourth-order valence-electron chi connectivity index (χ4n) is 4.21. The minimum atomic E-state index is -0.114. The number of nitrogens with one attached hydrogen (secondary N) is 1. The molecule has 1 fully saturated rings. The van der Waals surface area contributed by atoms with Gasteiger partial charge in [0.2, 0.25) is 11.7 Å². The predicted molar refractivity (Wildman–Crippen MR) is 136 cm³/mol. The number of thiophene rings is 1. The van der Waals surface area contributed by atoms with Crippen molar-refractivity contribution in [3.05, 3.63) is 51.6 Å². The molecule has 5 rings (SSSR count). The van der Waals surface area contributed by atoms with Crippen molar-refractivity contribution in [2.45, 2.75) is 56.8 Å². The van der Waals surface area contributed by atoms with Crippen molar-refractivity contribution in [1.82, 2.24) is 19.2 Å². The number of carbonyl (C=O) groups excluding carboxylic acids is 1. The van der Waals surface area contributed by atoms with Crippen molar-refractivity contribution >= 4 is 50.7 Å². The fraction of sp³-hybridized carbons (Fsp3) is 0.417. The number of aryl methyl sites for hydroxylation is 1. The third-order valence-electron chi connectivity index (χ3n) is 5.98. The third kappa shape index (κ3) is 4.75. The van der Waals surface area contributed by atoms with Gasteiger partial charge in [0.05, 0.1) is 23.9 Å². The number of rotatable bonds is 9. The van der Waals surface area contributed by atoms with Crippen LogP contribution in [0.2, 0.25) is 0 Å². The molecule has 4 heterocycles. The van der Waals surface area contributed by atoms with E-state index < -0.39 is 0 Å². The van der Waals surface area contributed by atoms with E-state index in [1.165, 1.54) is 28.7 Å². The zero-order valence-corrected chi connectivity index (χ0v) is 20.7. The van der Waals surface area contributed by atoms with E-state index in [-0.39, 0.29) is 23.3 Å². The van der Waals surface area contributed by atoms with Gasteiger partial charge in [0.25, 0.3) is 5.56 Å². The quantitative estimate of drug-likeness (QED) is 0.346. The minimum absolute atomic E-state index is 0.00542. The van der Waals surface area contributed by atoms with Crippen molar-refractivity contribution in [3.8, 4) is 0 Å². The van der Waals surface area contributed by atoms with Gasteiger partial charge >= 0.3 is 0 Å². The van der Waals surface area contributed by atoms with Crippen LogP contribution in [0, 0.1) is 0 Å². The molecular formula is C24H27N5O3S2. The molecule has 1 amide bonds. The zero-order valence-electron chi connectivity index (χ0n) is 19.0. The Morgan fingerprint density at radius 2 is 2.12 bits per heavy atom. The number of hydrogen-bond acceptors (Lipinski definition) is 7. The molecule has 1 aromatic carbocycles. The lowest BCUT2D eigenvalue weighted by Gasteiger charge is -2.13. The second kappa shape index (κ2) is 10.3. The number of carbonyl (C=O) groups is 1. The Kier molecular flexibility index (Phi) is 6.98. The number of thioether (sulfide) groups is 1. The van der Waals surface area contributed by atoms with Crippen LogP contribution in [-0.4, -0.2) is 43.5 Å². The van der Waals surface area contributed by atoms with Gasteiger partial charge in [-0.1, -0.05) is 37.2 Å². The Morgan fingerprint density at radius 1 is 1.26 bits per heavy atom. The fourth-order valence-corrected chi connectivity index (χ4v) is 5.78. The Hall–Kier alpha value is -2.69. The van der Waals surface area contributed by atoms with Gasteiger partial charge in [0, 0.05) is 12.3 Å². The van der Waals surface area contributed by atoms with Crippen LogP contribution >= 0.6 is 23.1 Å². The summed E-state index contributed by atoms with van der Waals surface area (Å²) in [5.41, 5.74) is 2.75. The summed E-state index contributed by atoms with van der Waals surface area (Å²) in [7, 11) is 0. The average Bonchev–Trinajstić information content (AvgIpc) is 3.60. The highest BCUT2D eigenvalue weighted by Gasteiger charge is 2.23. The highest BCUT2D eigenvalue weighted by molar-refractivity contribution is 7.99. The van der Waals surface area contributed by atoms with Crippen LogP contribution in [0.5, 0.6) is 0 Å². The molecule has 10 heteroatoms. The van der Waals surface area contributed by atoms with Crippen molar-refractivity contribution < 1.29 is 9.53 Å². The Balaban J connectivity index is 1.33. The first-order valence-corrected chi connectivity index (χ1v) is 13.5. The molecule has 1 saturated heterocycles. The number of nitrogens with zero attached hydrogens (tertiary/aromatic N) is 4. The van der Waals surface area contributed by atoms with Crippen LogP contribution in [0.4, 0.5) is 5.69 Å². The summed E-state index contributed by atoms with van der Waals surface area (Å²) in [4.78, 5) is 25.7.